The molecule has 0 bridgehead atoms. The van der Waals surface area contributed by atoms with E-state index in [0.29, 0.717) is 35.4 Å². The Labute approximate surface area is 192 Å². The third-order valence-corrected chi connectivity index (χ3v) is 6.05. The molecule has 0 aromatic heterocycles. The first-order valence-electron chi connectivity index (χ1n) is 10.5. The van der Waals surface area contributed by atoms with E-state index in [4.69, 9.17) is 25.8 Å². The summed E-state index contributed by atoms with van der Waals surface area (Å²) in [5.74, 6) is 0.0587. The molecule has 0 radical (unpaired) electrons. The van der Waals surface area contributed by atoms with Crippen LogP contribution in [0.2, 0.25) is 5.02 Å². The number of methoxy groups -OCH3 is 2. The predicted octanol–water partition coefficient (Wildman–Crippen LogP) is 3.19. The summed E-state index contributed by atoms with van der Waals surface area (Å²) < 4.78 is 16.1. The Kier molecular flexibility index (Phi) is 6.72. The Balaban J connectivity index is 1.51. The van der Waals surface area contributed by atoms with Crippen LogP contribution in [0.3, 0.4) is 0 Å². The average molecular weight is 460 g/mol. The summed E-state index contributed by atoms with van der Waals surface area (Å²) in [7, 11) is 3.02. The molecule has 2 aromatic carbocycles. The van der Waals surface area contributed by atoms with Crippen LogP contribution in [0.5, 0.6) is 11.5 Å². The van der Waals surface area contributed by atoms with Crippen LogP contribution in [-0.2, 0) is 14.3 Å². The van der Waals surface area contributed by atoms with Crippen molar-refractivity contribution in [2.24, 2.45) is 5.92 Å². The van der Waals surface area contributed by atoms with Gasteiger partial charge >= 0.3 is 0 Å². The molecule has 4 rings (SSSR count). The van der Waals surface area contributed by atoms with E-state index in [-0.39, 0.29) is 24.8 Å². The van der Waals surface area contributed by atoms with Gasteiger partial charge < -0.3 is 29.3 Å². The lowest BCUT2D eigenvalue weighted by atomic mass is 10.1. The molecule has 32 heavy (non-hydrogen) atoms. The lowest BCUT2D eigenvalue weighted by molar-refractivity contribution is -0.122. The van der Waals surface area contributed by atoms with Gasteiger partial charge in [0.1, 0.15) is 11.5 Å². The van der Waals surface area contributed by atoms with Crippen LogP contribution in [0, 0.1) is 5.92 Å². The number of ether oxygens (including phenoxy) is 3. The van der Waals surface area contributed by atoms with Crippen molar-refractivity contribution in [3.05, 3.63) is 41.4 Å². The highest BCUT2D eigenvalue weighted by atomic mass is 35.5. The second-order valence-corrected chi connectivity index (χ2v) is 8.08. The van der Waals surface area contributed by atoms with Crippen molar-refractivity contribution in [3.8, 4) is 11.5 Å². The van der Waals surface area contributed by atoms with E-state index in [0.717, 1.165) is 24.5 Å². The number of morpholine rings is 1. The summed E-state index contributed by atoms with van der Waals surface area (Å²) >= 11 is 6.27. The standard InChI is InChI=1S/C23H26ClN3O5/c1-30-20-13-21(31-2)19(12-16(20)24)27-14-15(11-22(27)28)23(29)25-17-5-3-4-6-18(17)26-7-9-32-10-8-26/h3-6,12-13,15H,7-11,14H2,1-2H3,(H,25,29). The number of benzene rings is 2. The number of carbonyl (C=O) groups is 2. The number of rotatable bonds is 6. The number of amides is 2. The first kappa shape index (κ1) is 22.2. The van der Waals surface area contributed by atoms with Gasteiger partial charge in [0, 0.05) is 32.1 Å². The van der Waals surface area contributed by atoms with Crippen LogP contribution in [0.1, 0.15) is 6.42 Å². The molecular weight excluding hydrogens is 434 g/mol. The first-order valence-corrected chi connectivity index (χ1v) is 10.8. The Hall–Kier alpha value is -2.97. The molecule has 1 N–H and O–H groups in total. The molecule has 2 fully saturated rings. The van der Waals surface area contributed by atoms with Gasteiger partial charge in [-0.15, -0.1) is 0 Å². The molecule has 2 saturated heterocycles. The van der Waals surface area contributed by atoms with E-state index in [1.807, 2.05) is 24.3 Å². The second-order valence-electron chi connectivity index (χ2n) is 7.67. The highest BCUT2D eigenvalue weighted by Gasteiger charge is 2.37. The van der Waals surface area contributed by atoms with Crippen LogP contribution in [0.25, 0.3) is 0 Å². The third kappa shape index (κ3) is 4.47. The molecule has 2 aromatic rings. The number of anilines is 3. The lowest BCUT2D eigenvalue weighted by Gasteiger charge is -2.30. The minimum Gasteiger partial charge on any atom is -0.495 e. The van der Waals surface area contributed by atoms with Crippen molar-refractivity contribution in [2.45, 2.75) is 6.42 Å². The number of hydrogen-bond donors (Lipinski definition) is 1. The highest BCUT2D eigenvalue weighted by molar-refractivity contribution is 6.32. The summed E-state index contributed by atoms with van der Waals surface area (Å²) in [5.41, 5.74) is 2.21. The zero-order valence-corrected chi connectivity index (χ0v) is 18.9. The van der Waals surface area contributed by atoms with Crippen LogP contribution in [0.15, 0.2) is 36.4 Å². The normalized spacial score (nSPS) is 18.6. The van der Waals surface area contributed by atoms with Gasteiger partial charge in [0.25, 0.3) is 0 Å². The quantitative estimate of drug-likeness (QED) is 0.714. The van der Waals surface area contributed by atoms with E-state index in [9.17, 15) is 9.59 Å². The van der Waals surface area contributed by atoms with Crippen molar-refractivity contribution in [2.75, 3.05) is 62.2 Å². The summed E-state index contributed by atoms with van der Waals surface area (Å²) in [6.07, 6.45) is 0.109. The Morgan fingerprint density at radius 2 is 1.81 bits per heavy atom. The average Bonchev–Trinajstić information content (AvgIpc) is 3.21. The van der Waals surface area contributed by atoms with E-state index in [2.05, 4.69) is 10.2 Å². The lowest BCUT2D eigenvalue weighted by Crippen LogP contribution is -2.37. The number of para-hydroxylation sites is 2. The maximum atomic E-state index is 13.1. The molecule has 0 aliphatic carbocycles. The Bertz CT molecular complexity index is 1010. The van der Waals surface area contributed by atoms with Gasteiger partial charge in [-0.05, 0) is 18.2 Å². The van der Waals surface area contributed by atoms with Crippen LogP contribution in [0.4, 0.5) is 17.1 Å². The minimum absolute atomic E-state index is 0.109. The zero-order chi connectivity index (χ0) is 22.7. The van der Waals surface area contributed by atoms with Crippen molar-refractivity contribution >= 4 is 40.5 Å². The van der Waals surface area contributed by atoms with Crippen molar-refractivity contribution < 1.29 is 23.8 Å². The van der Waals surface area contributed by atoms with E-state index < -0.39 is 5.92 Å². The van der Waals surface area contributed by atoms with E-state index in [1.165, 1.54) is 14.2 Å². The molecule has 0 saturated carbocycles. The molecule has 2 aliphatic heterocycles. The molecule has 2 aliphatic rings. The fourth-order valence-corrected chi connectivity index (χ4v) is 4.30. The smallest absolute Gasteiger partial charge is 0.229 e. The van der Waals surface area contributed by atoms with Crippen molar-refractivity contribution in [1.29, 1.82) is 0 Å². The van der Waals surface area contributed by atoms with Crippen LogP contribution < -0.4 is 24.6 Å². The zero-order valence-electron chi connectivity index (χ0n) is 18.1. The Morgan fingerprint density at radius 3 is 2.53 bits per heavy atom. The molecule has 2 amide bonds. The van der Waals surface area contributed by atoms with Crippen LogP contribution >= 0.6 is 11.6 Å². The fourth-order valence-electron chi connectivity index (χ4n) is 4.07. The summed E-state index contributed by atoms with van der Waals surface area (Å²) in [4.78, 5) is 29.6. The van der Waals surface area contributed by atoms with E-state index in [1.54, 1.807) is 17.0 Å². The molecule has 9 heteroatoms. The van der Waals surface area contributed by atoms with Gasteiger partial charge in [-0.25, -0.2) is 0 Å². The monoisotopic (exact) mass is 459 g/mol. The third-order valence-electron chi connectivity index (χ3n) is 5.75. The van der Waals surface area contributed by atoms with Crippen LogP contribution in [-0.4, -0.2) is 58.9 Å². The summed E-state index contributed by atoms with van der Waals surface area (Å²) in [5, 5.41) is 3.39. The Morgan fingerprint density at radius 1 is 1.09 bits per heavy atom. The van der Waals surface area contributed by atoms with Gasteiger partial charge in [-0.2, -0.15) is 0 Å². The largest absolute Gasteiger partial charge is 0.495 e. The van der Waals surface area contributed by atoms with Gasteiger partial charge in [-0.1, -0.05) is 23.7 Å². The number of hydrogen-bond acceptors (Lipinski definition) is 6. The van der Waals surface area contributed by atoms with Crippen molar-refractivity contribution in [3.63, 3.8) is 0 Å². The fraction of sp³-hybridized carbons (Fsp3) is 0.391. The predicted molar refractivity (Wildman–Crippen MR) is 123 cm³/mol. The molecule has 1 atom stereocenters. The molecule has 170 valence electrons. The molecule has 1 unspecified atom stereocenters. The molecular formula is C23H26ClN3O5. The molecule has 2 heterocycles. The maximum Gasteiger partial charge on any atom is 0.229 e. The van der Waals surface area contributed by atoms with Gasteiger partial charge in [0.2, 0.25) is 11.8 Å². The minimum atomic E-state index is -0.495. The van der Waals surface area contributed by atoms with Gasteiger partial charge in [0.15, 0.2) is 0 Å². The number of halogens is 1. The SMILES string of the molecule is COc1cc(OC)c(N2CC(C(=O)Nc3ccccc3N3CCOCC3)CC2=O)cc1Cl. The summed E-state index contributed by atoms with van der Waals surface area (Å²) in [6, 6.07) is 11.0. The maximum absolute atomic E-state index is 13.1. The van der Waals surface area contributed by atoms with Gasteiger partial charge in [0.05, 0.1) is 55.4 Å². The topological polar surface area (TPSA) is 80.3 Å². The second kappa shape index (κ2) is 9.67. The first-order chi connectivity index (χ1) is 15.5. The number of nitrogens with one attached hydrogen (secondary N) is 1. The highest BCUT2D eigenvalue weighted by Crippen LogP contribution is 2.40. The van der Waals surface area contributed by atoms with E-state index >= 15 is 0 Å². The molecule has 8 nitrogen and oxygen atoms in total. The number of nitrogens with zero attached hydrogens (tertiary/aromatic N) is 2. The molecule has 0 spiro atoms. The van der Waals surface area contributed by atoms with Crippen molar-refractivity contribution in [1.82, 2.24) is 0 Å². The number of carbonyl (C=O) groups excluding carboxylic acids is 2. The summed E-state index contributed by atoms with van der Waals surface area (Å²) in [6.45, 7) is 3.08. The van der Waals surface area contributed by atoms with Gasteiger partial charge in [-0.3, -0.25) is 9.59 Å².